The van der Waals surface area contributed by atoms with E-state index >= 15 is 0 Å². The van der Waals surface area contributed by atoms with E-state index in [4.69, 9.17) is 9.84 Å². The Morgan fingerprint density at radius 2 is 2.33 bits per heavy atom. The minimum atomic E-state index is 0.257. The number of methoxy groups -OCH3 is 1. The minimum Gasteiger partial charge on any atom is -0.481 e. The highest BCUT2D eigenvalue weighted by Gasteiger charge is 2.25. The van der Waals surface area contributed by atoms with Gasteiger partial charge in [-0.3, -0.25) is 4.90 Å². The van der Waals surface area contributed by atoms with Gasteiger partial charge in [0.1, 0.15) is 0 Å². The number of aliphatic hydroxyl groups is 1. The molecule has 0 aliphatic heterocycles. The van der Waals surface area contributed by atoms with Crippen molar-refractivity contribution in [2.24, 2.45) is 0 Å². The minimum absolute atomic E-state index is 0.257. The van der Waals surface area contributed by atoms with Gasteiger partial charge in [0.2, 0.25) is 5.88 Å². The van der Waals surface area contributed by atoms with Gasteiger partial charge in [-0.2, -0.15) is 0 Å². The molecular weight excluding hydrogens is 228 g/mol. The van der Waals surface area contributed by atoms with Crippen LogP contribution in [0.2, 0.25) is 0 Å². The second-order valence-electron chi connectivity index (χ2n) is 4.80. The second-order valence-corrected chi connectivity index (χ2v) is 4.80. The first-order valence-corrected chi connectivity index (χ1v) is 6.68. The Labute approximate surface area is 109 Å². The zero-order valence-electron chi connectivity index (χ0n) is 11.0. The number of rotatable bonds is 7. The van der Waals surface area contributed by atoms with Crippen LogP contribution in [0.15, 0.2) is 18.3 Å². The molecule has 0 radical (unpaired) electrons. The number of aliphatic hydroxyl groups excluding tert-OH is 1. The summed E-state index contributed by atoms with van der Waals surface area (Å²) < 4.78 is 5.29. The van der Waals surface area contributed by atoms with E-state index in [2.05, 4.69) is 16.0 Å². The van der Waals surface area contributed by atoms with Crippen molar-refractivity contribution < 1.29 is 9.84 Å². The highest BCUT2D eigenvalue weighted by atomic mass is 16.5. The van der Waals surface area contributed by atoms with Gasteiger partial charge in [-0.15, -0.1) is 0 Å². The third kappa shape index (κ3) is 3.21. The Bertz CT molecular complexity index is 367. The fraction of sp³-hybridized carbons (Fsp3) is 0.643. The number of ether oxygens (including phenoxy) is 1. The molecule has 1 aromatic rings. The van der Waals surface area contributed by atoms with Crippen LogP contribution in [-0.2, 0) is 6.54 Å². The average Bonchev–Trinajstić information content (AvgIpc) is 2.34. The van der Waals surface area contributed by atoms with E-state index in [0.717, 1.165) is 25.1 Å². The van der Waals surface area contributed by atoms with Crippen LogP contribution in [0.1, 0.15) is 31.2 Å². The molecule has 4 heteroatoms. The lowest BCUT2D eigenvalue weighted by atomic mass is 9.91. The quantitative estimate of drug-likeness (QED) is 0.802. The van der Waals surface area contributed by atoms with Crippen LogP contribution in [0, 0.1) is 0 Å². The average molecular weight is 250 g/mol. The molecule has 0 bridgehead atoms. The monoisotopic (exact) mass is 250 g/mol. The van der Waals surface area contributed by atoms with Crippen LogP contribution < -0.4 is 4.74 Å². The smallest absolute Gasteiger partial charge is 0.217 e. The predicted octanol–water partition coefficient (Wildman–Crippen LogP) is 1.83. The van der Waals surface area contributed by atoms with E-state index in [1.165, 1.54) is 19.3 Å². The first-order chi connectivity index (χ1) is 8.85. The molecule has 0 spiro atoms. The standard InChI is InChI=1S/C14H22N2O2/c1-18-14-12(5-3-8-15-14)11-16(9-4-10-17)13-6-2-7-13/h3,5,8,13,17H,2,4,6-7,9-11H2,1H3. The predicted molar refractivity (Wildman–Crippen MR) is 70.5 cm³/mol. The molecule has 1 aliphatic rings. The van der Waals surface area contributed by atoms with Crippen LogP contribution in [0.25, 0.3) is 0 Å². The number of nitrogens with zero attached hydrogens (tertiary/aromatic N) is 2. The maximum Gasteiger partial charge on any atom is 0.217 e. The molecule has 4 nitrogen and oxygen atoms in total. The molecule has 1 N–H and O–H groups in total. The van der Waals surface area contributed by atoms with Crippen molar-refractivity contribution in [1.82, 2.24) is 9.88 Å². The van der Waals surface area contributed by atoms with Gasteiger partial charge in [0.25, 0.3) is 0 Å². The molecule has 0 unspecified atom stereocenters. The molecular formula is C14H22N2O2. The van der Waals surface area contributed by atoms with Crippen molar-refractivity contribution in [3.8, 4) is 5.88 Å². The Hall–Kier alpha value is -1.13. The lowest BCUT2D eigenvalue weighted by Gasteiger charge is -2.37. The summed E-state index contributed by atoms with van der Waals surface area (Å²) in [4.78, 5) is 6.68. The maximum absolute atomic E-state index is 8.99. The third-order valence-electron chi connectivity index (χ3n) is 3.61. The normalized spacial score (nSPS) is 15.7. The zero-order chi connectivity index (χ0) is 12.8. The van der Waals surface area contributed by atoms with Crippen molar-refractivity contribution in [3.63, 3.8) is 0 Å². The molecule has 1 aromatic heterocycles. The molecule has 0 aromatic carbocycles. The lowest BCUT2D eigenvalue weighted by Crippen LogP contribution is -2.40. The Balaban J connectivity index is 2.02. The van der Waals surface area contributed by atoms with Crippen LogP contribution in [-0.4, -0.2) is 41.3 Å². The lowest BCUT2D eigenvalue weighted by molar-refractivity contribution is 0.108. The van der Waals surface area contributed by atoms with Crippen LogP contribution in [0.3, 0.4) is 0 Å². The molecule has 100 valence electrons. The van der Waals surface area contributed by atoms with Crippen molar-refractivity contribution in [3.05, 3.63) is 23.9 Å². The van der Waals surface area contributed by atoms with Gasteiger partial charge < -0.3 is 9.84 Å². The Morgan fingerprint density at radius 3 is 2.94 bits per heavy atom. The highest BCUT2D eigenvalue weighted by molar-refractivity contribution is 5.25. The van der Waals surface area contributed by atoms with Crippen molar-refractivity contribution in [2.75, 3.05) is 20.3 Å². The van der Waals surface area contributed by atoms with E-state index in [1.807, 2.05) is 6.07 Å². The van der Waals surface area contributed by atoms with Gasteiger partial charge in [-0.1, -0.05) is 12.5 Å². The Kier molecular flexibility index (Phi) is 4.96. The van der Waals surface area contributed by atoms with E-state index < -0.39 is 0 Å². The molecule has 18 heavy (non-hydrogen) atoms. The summed E-state index contributed by atoms with van der Waals surface area (Å²) in [5.74, 6) is 0.714. The summed E-state index contributed by atoms with van der Waals surface area (Å²) in [5.41, 5.74) is 1.13. The summed E-state index contributed by atoms with van der Waals surface area (Å²) in [6.07, 6.45) is 6.45. The molecule has 1 saturated carbocycles. The Morgan fingerprint density at radius 1 is 1.50 bits per heavy atom. The topological polar surface area (TPSA) is 45.6 Å². The first kappa shape index (κ1) is 13.3. The zero-order valence-corrected chi connectivity index (χ0v) is 11.0. The maximum atomic E-state index is 8.99. The van der Waals surface area contributed by atoms with Gasteiger partial charge in [0.15, 0.2) is 0 Å². The number of hydrogen-bond donors (Lipinski definition) is 1. The second kappa shape index (κ2) is 6.71. The van der Waals surface area contributed by atoms with Crippen molar-refractivity contribution in [2.45, 2.75) is 38.3 Å². The first-order valence-electron chi connectivity index (χ1n) is 6.68. The fourth-order valence-electron chi connectivity index (χ4n) is 2.36. The highest BCUT2D eigenvalue weighted by Crippen LogP contribution is 2.27. The molecule has 1 fully saturated rings. The number of aromatic nitrogens is 1. The van der Waals surface area contributed by atoms with E-state index in [0.29, 0.717) is 11.9 Å². The molecule has 2 rings (SSSR count). The van der Waals surface area contributed by atoms with Gasteiger partial charge >= 0.3 is 0 Å². The summed E-state index contributed by atoms with van der Waals surface area (Å²) in [6.45, 7) is 2.06. The van der Waals surface area contributed by atoms with E-state index in [1.54, 1.807) is 13.3 Å². The van der Waals surface area contributed by atoms with Gasteiger partial charge in [0, 0.05) is 37.5 Å². The third-order valence-corrected chi connectivity index (χ3v) is 3.61. The summed E-state index contributed by atoms with van der Waals surface area (Å²) >= 11 is 0. The summed E-state index contributed by atoms with van der Waals surface area (Å²) in [5, 5.41) is 8.99. The SMILES string of the molecule is COc1ncccc1CN(CCCO)C1CCC1. The van der Waals surface area contributed by atoms with E-state index in [9.17, 15) is 0 Å². The van der Waals surface area contributed by atoms with Crippen molar-refractivity contribution in [1.29, 1.82) is 0 Å². The van der Waals surface area contributed by atoms with Crippen LogP contribution in [0.5, 0.6) is 5.88 Å². The van der Waals surface area contributed by atoms with E-state index in [-0.39, 0.29) is 6.61 Å². The molecule has 0 atom stereocenters. The molecule has 1 aliphatic carbocycles. The largest absolute Gasteiger partial charge is 0.481 e. The summed E-state index contributed by atoms with van der Waals surface area (Å²) in [7, 11) is 1.66. The van der Waals surface area contributed by atoms with Gasteiger partial charge in [-0.25, -0.2) is 4.98 Å². The van der Waals surface area contributed by atoms with Crippen molar-refractivity contribution >= 4 is 0 Å². The molecule has 0 amide bonds. The number of hydrogen-bond acceptors (Lipinski definition) is 4. The van der Waals surface area contributed by atoms with Crippen LogP contribution in [0.4, 0.5) is 0 Å². The summed E-state index contributed by atoms with van der Waals surface area (Å²) in [6, 6.07) is 4.68. The molecule has 0 saturated heterocycles. The fourth-order valence-corrected chi connectivity index (χ4v) is 2.36. The van der Waals surface area contributed by atoms with Crippen LogP contribution >= 0.6 is 0 Å². The van der Waals surface area contributed by atoms with Gasteiger partial charge in [-0.05, 0) is 25.3 Å². The number of pyridine rings is 1. The molecule has 1 heterocycles. The van der Waals surface area contributed by atoms with Gasteiger partial charge in [0.05, 0.1) is 7.11 Å².